The average molecular weight is 225 g/mol. The van der Waals surface area contributed by atoms with Crippen LogP contribution in [0.4, 0.5) is 0 Å². The average Bonchev–Trinajstić information content (AvgIpc) is 2.03. The van der Waals surface area contributed by atoms with Gasteiger partial charge >= 0.3 is 0 Å². The Morgan fingerprint density at radius 2 is 1.83 bits per heavy atom. The van der Waals surface area contributed by atoms with Crippen molar-refractivity contribution < 1.29 is 0 Å². The van der Waals surface area contributed by atoms with Gasteiger partial charge in [0, 0.05) is 4.83 Å². The van der Waals surface area contributed by atoms with Crippen LogP contribution in [0.25, 0.3) is 0 Å². The zero-order chi connectivity index (χ0) is 8.39. The van der Waals surface area contributed by atoms with Crippen LogP contribution in [0.5, 0.6) is 0 Å². The Hall–Kier alpha value is -0.300. The second-order valence-electron chi connectivity index (χ2n) is 3.50. The van der Waals surface area contributed by atoms with Gasteiger partial charge in [0.1, 0.15) is 0 Å². The lowest BCUT2D eigenvalue weighted by Crippen LogP contribution is -2.15. The van der Waals surface area contributed by atoms with E-state index in [0.717, 1.165) is 5.92 Å². The van der Waals surface area contributed by atoms with Gasteiger partial charge in [-0.3, -0.25) is 0 Å². The van der Waals surface area contributed by atoms with Crippen LogP contribution < -0.4 is 0 Å². The molecule has 1 aromatic rings. The van der Waals surface area contributed by atoms with Gasteiger partial charge in [0.2, 0.25) is 0 Å². The molecule has 64 valence electrons. The second kappa shape index (κ2) is 3.61. The van der Waals surface area contributed by atoms with E-state index < -0.39 is 0 Å². The molecule has 0 saturated heterocycles. The summed E-state index contributed by atoms with van der Waals surface area (Å²) in [5.74, 6) is 0.882. The van der Waals surface area contributed by atoms with Crippen LogP contribution in [-0.4, -0.2) is 0 Å². The predicted octanol–water partition coefficient (Wildman–Crippen LogP) is 3.92. The first-order valence-electron chi connectivity index (χ1n) is 4.57. The van der Waals surface area contributed by atoms with Gasteiger partial charge in [-0.15, -0.1) is 0 Å². The first kappa shape index (κ1) is 8.31. The number of hydrogen-bond acceptors (Lipinski definition) is 0. The first-order valence-corrected chi connectivity index (χ1v) is 5.48. The van der Waals surface area contributed by atoms with E-state index in [0.29, 0.717) is 4.83 Å². The topological polar surface area (TPSA) is 0 Å². The van der Waals surface area contributed by atoms with E-state index in [-0.39, 0.29) is 0 Å². The summed E-state index contributed by atoms with van der Waals surface area (Å²) in [6, 6.07) is 10.7. The third kappa shape index (κ3) is 1.56. The van der Waals surface area contributed by atoms with Crippen molar-refractivity contribution in [2.75, 3.05) is 0 Å². The summed E-state index contributed by atoms with van der Waals surface area (Å²) in [7, 11) is 0. The van der Waals surface area contributed by atoms with Gasteiger partial charge in [-0.1, -0.05) is 52.7 Å². The lowest BCUT2D eigenvalue weighted by atomic mass is 9.81. The molecule has 0 amide bonds. The van der Waals surface area contributed by atoms with E-state index in [9.17, 15) is 0 Å². The molecule has 0 aliphatic heterocycles. The number of benzene rings is 1. The highest BCUT2D eigenvalue weighted by Crippen LogP contribution is 2.42. The molecule has 1 aliphatic carbocycles. The molecule has 1 atom stereocenters. The summed E-state index contributed by atoms with van der Waals surface area (Å²) in [6.07, 6.45) is 4.20. The lowest BCUT2D eigenvalue weighted by molar-refractivity contribution is 0.312. The van der Waals surface area contributed by atoms with Crippen LogP contribution >= 0.6 is 15.9 Å². The van der Waals surface area contributed by atoms with Crippen molar-refractivity contribution in [3.63, 3.8) is 0 Å². The third-order valence-corrected chi connectivity index (χ3v) is 3.96. The van der Waals surface area contributed by atoms with Crippen LogP contribution in [0.1, 0.15) is 29.7 Å². The summed E-state index contributed by atoms with van der Waals surface area (Å²) in [6.45, 7) is 0. The molecule has 0 spiro atoms. The van der Waals surface area contributed by atoms with Gasteiger partial charge in [-0.05, 0) is 24.3 Å². The highest BCUT2D eigenvalue weighted by Gasteiger charge is 2.25. The minimum atomic E-state index is 0.590. The van der Waals surface area contributed by atoms with Crippen LogP contribution in [-0.2, 0) is 0 Å². The molecule has 0 heterocycles. The summed E-state index contributed by atoms with van der Waals surface area (Å²) < 4.78 is 0. The van der Waals surface area contributed by atoms with Crippen LogP contribution in [0.2, 0.25) is 0 Å². The Bertz CT molecular complexity index is 238. The molecule has 1 aliphatic rings. The van der Waals surface area contributed by atoms with E-state index in [4.69, 9.17) is 0 Å². The molecule has 12 heavy (non-hydrogen) atoms. The molecule has 1 saturated carbocycles. The largest absolute Gasteiger partial charge is 0.0836 e. The normalized spacial score (nSPS) is 20.1. The maximum absolute atomic E-state index is 3.76. The highest BCUT2D eigenvalue weighted by molar-refractivity contribution is 9.09. The van der Waals surface area contributed by atoms with Gasteiger partial charge in [-0.25, -0.2) is 0 Å². The van der Waals surface area contributed by atoms with Crippen molar-refractivity contribution in [1.29, 1.82) is 0 Å². The fourth-order valence-corrected chi connectivity index (χ4v) is 2.48. The number of halogens is 1. The minimum absolute atomic E-state index is 0.590. The molecular formula is C11H13Br. The summed E-state index contributed by atoms with van der Waals surface area (Å²) in [5, 5.41) is 0. The van der Waals surface area contributed by atoms with Gasteiger partial charge < -0.3 is 0 Å². The van der Waals surface area contributed by atoms with E-state index in [1.807, 2.05) is 0 Å². The number of rotatable bonds is 2. The Morgan fingerprint density at radius 3 is 2.33 bits per heavy atom. The zero-order valence-corrected chi connectivity index (χ0v) is 8.63. The number of alkyl halides is 1. The van der Waals surface area contributed by atoms with Gasteiger partial charge in [0.05, 0.1) is 0 Å². The van der Waals surface area contributed by atoms with E-state index in [2.05, 4.69) is 46.3 Å². The monoisotopic (exact) mass is 224 g/mol. The lowest BCUT2D eigenvalue weighted by Gasteiger charge is -2.30. The predicted molar refractivity (Wildman–Crippen MR) is 55.5 cm³/mol. The zero-order valence-electron chi connectivity index (χ0n) is 7.04. The van der Waals surface area contributed by atoms with Gasteiger partial charge in [-0.2, -0.15) is 0 Å². The number of hydrogen-bond donors (Lipinski definition) is 0. The first-order chi connectivity index (χ1) is 5.88. The van der Waals surface area contributed by atoms with Crippen molar-refractivity contribution in [2.45, 2.75) is 24.1 Å². The van der Waals surface area contributed by atoms with Crippen molar-refractivity contribution in [3.8, 4) is 0 Å². The molecule has 1 heteroatoms. The van der Waals surface area contributed by atoms with E-state index in [1.54, 1.807) is 0 Å². The van der Waals surface area contributed by atoms with Crippen LogP contribution in [0.3, 0.4) is 0 Å². The molecule has 2 rings (SSSR count). The maximum atomic E-state index is 3.76. The Labute approximate surface area is 82.1 Å². The Kier molecular flexibility index (Phi) is 2.50. The third-order valence-electron chi connectivity index (χ3n) is 2.68. The highest BCUT2D eigenvalue weighted by atomic mass is 79.9. The van der Waals surface area contributed by atoms with Crippen LogP contribution in [0, 0.1) is 5.92 Å². The van der Waals surface area contributed by atoms with Gasteiger partial charge in [0.25, 0.3) is 0 Å². The molecular weight excluding hydrogens is 212 g/mol. The molecule has 1 aromatic carbocycles. The van der Waals surface area contributed by atoms with E-state index in [1.165, 1.54) is 24.8 Å². The fourth-order valence-electron chi connectivity index (χ4n) is 1.64. The quantitative estimate of drug-likeness (QED) is 0.669. The fraction of sp³-hybridized carbons (Fsp3) is 0.455. The van der Waals surface area contributed by atoms with Gasteiger partial charge in [0.15, 0.2) is 0 Å². The van der Waals surface area contributed by atoms with Crippen molar-refractivity contribution in [3.05, 3.63) is 35.9 Å². The Morgan fingerprint density at radius 1 is 1.17 bits per heavy atom. The molecule has 0 bridgehead atoms. The van der Waals surface area contributed by atoms with Crippen LogP contribution in [0.15, 0.2) is 30.3 Å². The second-order valence-corrected chi connectivity index (χ2v) is 4.49. The van der Waals surface area contributed by atoms with E-state index >= 15 is 0 Å². The minimum Gasteiger partial charge on any atom is -0.0836 e. The molecule has 0 N–H and O–H groups in total. The summed E-state index contributed by atoms with van der Waals surface area (Å²) in [4.78, 5) is 0.590. The molecule has 0 radical (unpaired) electrons. The maximum Gasteiger partial charge on any atom is 0.0423 e. The smallest absolute Gasteiger partial charge is 0.0423 e. The SMILES string of the molecule is Br[C@@H](c1ccccc1)C1CCC1. The standard InChI is InChI=1S/C11H13Br/c12-11(10-7-4-8-10)9-5-2-1-3-6-9/h1-3,5-6,10-11H,4,7-8H2/t11-/m0/s1. The van der Waals surface area contributed by atoms with Crippen molar-refractivity contribution in [2.24, 2.45) is 5.92 Å². The summed E-state index contributed by atoms with van der Waals surface area (Å²) >= 11 is 3.76. The molecule has 0 aromatic heterocycles. The van der Waals surface area contributed by atoms with Crippen molar-refractivity contribution >= 4 is 15.9 Å². The molecule has 1 fully saturated rings. The molecule has 0 unspecified atom stereocenters. The Balaban J connectivity index is 2.08. The molecule has 0 nitrogen and oxygen atoms in total. The van der Waals surface area contributed by atoms with Crippen molar-refractivity contribution in [1.82, 2.24) is 0 Å². The summed E-state index contributed by atoms with van der Waals surface area (Å²) in [5.41, 5.74) is 1.43.